The Kier molecular flexibility index (Phi) is 58.8. The van der Waals surface area contributed by atoms with Gasteiger partial charge >= 0.3 is 17.9 Å². The van der Waals surface area contributed by atoms with Crippen LogP contribution in [0.15, 0.2) is 97.2 Å². The standard InChI is InChI=1S/C68H116O6/c1-4-7-10-13-16-18-20-22-24-26-27-28-29-30-31-32-33-34-35-36-37-38-39-40-41-42-44-45-47-49-52-55-58-61-67(70)73-64-65(63-72-66(69)60-57-54-51-15-12-9-6-3)74-68(71)62-59-56-53-50-48-46-43-25-23-21-19-17-14-11-8-5-2/h7,10,16,18,22,24,27-28,30-31,33-34,36-37,39-40,65H,4-6,8-9,11-15,17,19-21,23,25-26,29,32,35,38,41-64H2,1-3H3/b10-7-,18-16-,24-22-,28-27-,31-30-,34-33-,37-36-,40-39-. The zero-order valence-corrected chi connectivity index (χ0v) is 48.6. The highest BCUT2D eigenvalue weighted by Gasteiger charge is 2.19. The highest BCUT2D eigenvalue weighted by Crippen LogP contribution is 2.16. The third-order valence-corrected chi connectivity index (χ3v) is 13.4. The highest BCUT2D eigenvalue weighted by molar-refractivity contribution is 5.71. The first-order chi connectivity index (χ1) is 36.5. The minimum absolute atomic E-state index is 0.0761. The van der Waals surface area contributed by atoms with E-state index in [1.54, 1.807) is 0 Å². The van der Waals surface area contributed by atoms with E-state index < -0.39 is 6.10 Å². The normalized spacial score (nSPS) is 12.7. The number of allylic oxidation sites excluding steroid dienone is 16. The molecular formula is C68H116O6. The summed E-state index contributed by atoms with van der Waals surface area (Å²) in [5, 5.41) is 0. The molecule has 1 unspecified atom stereocenters. The Labute approximate surface area is 457 Å². The summed E-state index contributed by atoms with van der Waals surface area (Å²) in [6.07, 6.45) is 82.9. The molecule has 0 aromatic carbocycles. The maximum atomic E-state index is 12.8. The lowest BCUT2D eigenvalue weighted by atomic mass is 10.0. The Balaban J connectivity index is 4.12. The largest absolute Gasteiger partial charge is 0.462 e. The molecule has 0 aromatic rings. The van der Waals surface area contributed by atoms with Crippen LogP contribution in [0.1, 0.15) is 297 Å². The summed E-state index contributed by atoms with van der Waals surface area (Å²) in [5.74, 6) is -0.882. The van der Waals surface area contributed by atoms with Crippen molar-refractivity contribution in [2.75, 3.05) is 13.2 Å². The van der Waals surface area contributed by atoms with Gasteiger partial charge in [0.05, 0.1) is 0 Å². The summed E-state index contributed by atoms with van der Waals surface area (Å²) in [6.45, 7) is 6.50. The average Bonchev–Trinajstić information content (AvgIpc) is 3.40. The minimum Gasteiger partial charge on any atom is -0.462 e. The van der Waals surface area contributed by atoms with Gasteiger partial charge in [-0.3, -0.25) is 14.4 Å². The molecule has 0 amide bonds. The van der Waals surface area contributed by atoms with E-state index in [2.05, 4.69) is 118 Å². The fourth-order valence-electron chi connectivity index (χ4n) is 8.69. The lowest BCUT2D eigenvalue weighted by Gasteiger charge is -2.18. The zero-order chi connectivity index (χ0) is 53.6. The molecule has 0 rings (SSSR count). The summed E-state index contributed by atoms with van der Waals surface area (Å²) in [4.78, 5) is 38.0. The first kappa shape index (κ1) is 70.3. The van der Waals surface area contributed by atoms with Crippen LogP contribution in [0, 0.1) is 0 Å². The summed E-state index contributed by atoms with van der Waals surface area (Å²) in [7, 11) is 0. The number of unbranched alkanes of at least 4 members (excludes halogenated alkanes) is 29. The fourth-order valence-corrected chi connectivity index (χ4v) is 8.69. The van der Waals surface area contributed by atoms with E-state index in [0.717, 1.165) is 116 Å². The van der Waals surface area contributed by atoms with Crippen LogP contribution in [0.25, 0.3) is 0 Å². The van der Waals surface area contributed by atoms with E-state index in [4.69, 9.17) is 14.2 Å². The first-order valence-electron chi connectivity index (χ1n) is 31.2. The van der Waals surface area contributed by atoms with Gasteiger partial charge in [-0.15, -0.1) is 0 Å². The summed E-state index contributed by atoms with van der Waals surface area (Å²) >= 11 is 0. The van der Waals surface area contributed by atoms with Gasteiger partial charge in [-0.25, -0.2) is 0 Å². The number of hydrogen-bond donors (Lipinski definition) is 0. The molecule has 1 atom stereocenters. The van der Waals surface area contributed by atoms with Crippen LogP contribution >= 0.6 is 0 Å². The van der Waals surface area contributed by atoms with Gasteiger partial charge in [0, 0.05) is 19.3 Å². The number of hydrogen-bond acceptors (Lipinski definition) is 6. The second-order valence-corrected chi connectivity index (χ2v) is 20.6. The van der Waals surface area contributed by atoms with Crippen LogP contribution in [-0.2, 0) is 28.6 Å². The molecule has 0 bridgehead atoms. The maximum Gasteiger partial charge on any atom is 0.306 e. The third kappa shape index (κ3) is 59.2. The van der Waals surface area contributed by atoms with Crippen LogP contribution in [0.5, 0.6) is 0 Å². The Morgan fingerprint density at radius 2 is 0.527 bits per heavy atom. The Morgan fingerprint density at radius 1 is 0.284 bits per heavy atom. The molecule has 74 heavy (non-hydrogen) atoms. The van der Waals surface area contributed by atoms with Crippen LogP contribution in [0.3, 0.4) is 0 Å². The van der Waals surface area contributed by atoms with Gasteiger partial charge in [-0.2, -0.15) is 0 Å². The van der Waals surface area contributed by atoms with E-state index in [-0.39, 0.29) is 31.1 Å². The number of ether oxygens (including phenoxy) is 3. The minimum atomic E-state index is -0.776. The zero-order valence-electron chi connectivity index (χ0n) is 48.6. The smallest absolute Gasteiger partial charge is 0.306 e. The molecule has 6 heteroatoms. The van der Waals surface area contributed by atoms with Crippen molar-refractivity contribution in [1.82, 2.24) is 0 Å². The van der Waals surface area contributed by atoms with Crippen molar-refractivity contribution in [3.63, 3.8) is 0 Å². The Bertz CT molecular complexity index is 1460. The molecule has 0 N–H and O–H groups in total. The second-order valence-electron chi connectivity index (χ2n) is 20.6. The molecule has 0 aliphatic carbocycles. The maximum absolute atomic E-state index is 12.8. The van der Waals surface area contributed by atoms with E-state index in [0.29, 0.717) is 19.3 Å². The number of carbonyl (C=O) groups is 3. The van der Waals surface area contributed by atoms with E-state index >= 15 is 0 Å². The lowest BCUT2D eigenvalue weighted by molar-refractivity contribution is -0.167. The molecule has 0 aromatic heterocycles. The number of esters is 3. The monoisotopic (exact) mass is 1030 g/mol. The van der Waals surface area contributed by atoms with Gasteiger partial charge in [0.1, 0.15) is 13.2 Å². The van der Waals surface area contributed by atoms with Crippen molar-refractivity contribution >= 4 is 17.9 Å². The van der Waals surface area contributed by atoms with Gasteiger partial charge in [0.2, 0.25) is 0 Å². The van der Waals surface area contributed by atoms with Crippen molar-refractivity contribution in [3.05, 3.63) is 97.2 Å². The van der Waals surface area contributed by atoms with Gasteiger partial charge < -0.3 is 14.2 Å². The van der Waals surface area contributed by atoms with E-state index in [1.165, 1.54) is 141 Å². The predicted octanol–water partition coefficient (Wildman–Crippen LogP) is 21.3. The molecule has 0 radical (unpaired) electrons. The first-order valence-corrected chi connectivity index (χ1v) is 31.2. The lowest BCUT2D eigenvalue weighted by Crippen LogP contribution is -2.30. The highest BCUT2D eigenvalue weighted by atomic mass is 16.6. The quantitative estimate of drug-likeness (QED) is 0.0261. The summed E-state index contributed by atoms with van der Waals surface area (Å²) in [6, 6.07) is 0. The van der Waals surface area contributed by atoms with Crippen LogP contribution in [0.4, 0.5) is 0 Å². The third-order valence-electron chi connectivity index (χ3n) is 13.4. The van der Waals surface area contributed by atoms with Crippen molar-refractivity contribution in [3.8, 4) is 0 Å². The van der Waals surface area contributed by atoms with Crippen molar-refractivity contribution in [2.24, 2.45) is 0 Å². The molecule has 424 valence electrons. The molecule has 0 aliphatic heterocycles. The van der Waals surface area contributed by atoms with Gasteiger partial charge in [-0.1, -0.05) is 291 Å². The van der Waals surface area contributed by atoms with Gasteiger partial charge in [0.15, 0.2) is 6.10 Å². The topological polar surface area (TPSA) is 78.9 Å². The molecule has 0 spiro atoms. The van der Waals surface area contributed by atoms with Gasteiger partial charge in [-0.05, 0) is 83.5 Å². The van der Waals surface area contributed by atoms with Crippen LogP contribution < -0.4 is 0 Å². The second kappa shape index (κ2) is 61.9. The summed E-state index contributed by atoms with van der Waals surface area (Å²) < 4.78 is 16.8. The van der Waals surface area contributed by atoms with Gasteiger partial charge in [0.25, 0.3) is 0 Å². The van der Waals surface area contributed by atoms with E-state index in [9.17, 15) is 14.4 Å². The Morgan fingerprint density at radius 3 is 0.824 bits per heavy atom. The molecule has 0 fully saturated rings. The van der Waals surface area contributed by atoms with Crippen molar-refractivity contribution < 1.29 is 28.6 Å². The van der Waals surface area contributed by atoms with Crippen LogP contribution in [-0.4, -0.2) is 37.2 Å². The average molecular weight is 1030 g/mol. The molecular weight excluding hydrogens is 913 g/mol. The number of rotatable bonds is 56. The van der Waals surface area contributed by atoms with Crippen molar-refractivity contribution in [2.45, 2.75) is 303 Å². The Hall–Kier alpha value is -3.67. The predicted molar refractivity (Wildman–Crippen MR) is 320 cm³/mol. The molecule has 0 aliphatic rings. The molecule has 6 nitrogen and oxygen atoms in total. The summed E-state index contributed by atoms with van der Waals surface area (Å²) in [5.41, 5.74) is 0. The molecule has 0 saturated carbocycles. The number of carbonyl (C=O) groups excluding carboxylic acids is 3. The van der Waals surface area contributed by atoms with Crippen LogP contribution in [0.2, 0.25) is 0 Å². The fraction of sp³-hybridized carbons (Fsp3) is 0.721. The molecule has 0 heterocycles. The van der Waals surface area contributed by atoms with E-state index in [1.807, 2.05) is 0 Å². The molecule has 0 saturated heterocycles. The van der Waals surface area contributed by atoms with Crippen molar-refractivity contribution in [1.29, 1.82) is 0 Å². The SMILES string of the molecule is CC/C=C\C/C=C\C/C=C\C/C=C\C/C=C\C/C=C\C/C=C\C/C=C\CCCCCCCCCCC(=O)OCC(COC(=O)CCCCCCCCC)OC(=O)CCCCCCCCCCCCCCCCCC.